The lowest BCUT2D eigenvalue weighted by atomic mass is 9.41. The van der Waals surface area contributed by atoms with Gasteiger partial charge in [-0.2, -0.15) is 0 Å². The molecule has 1 heterocycles. The van der Waals surface area contributed by atoms with Gasteiger partial charge >= 0.3 is 5.97 Å². The van der Waals surface area contributed by atoms with Crippen LogP contribution in [0, 0.1) is 28.6 Å². The average Bonchev–Trinajstić information content (AvgIpc) is 3.11. The molecule has 0 radical (unpaired) electrons. The third kappa shape index (κ3) is 2.31. The zero-order valence-corrected chi connectivity index (χ0v) is 17.2. The number of esters is 1. The van der Waals surface area contributed by atoms with Crippen LogP contribution in [0.25, 0.3) is 0 Å². The van der Waals surface area contributed by atoms with Crippen LogP contribution in [0.15, 0.2) is 0 Å². The van der Waals surface area contributed by atoms with E-state index in [2.05, 4.69) is 13.8 Å². The van der Waals surface area contributed by atoms with E-state index in [1.54, 1.807) is 0 Å². The maximum atomic E-state index is 11.7. The largest absolute Gasteiger partial charge is 0.468 e. The highest BCUT2D eigenvalue weighted by Gasteiger charge is 2.85. The molecule has 7 nitrogen and oxygen atoms in total. The summed E-state index contributed by atoms with van der Waals surface area (Å²) in [6.07, 6.45) is 0.0777. The van der Waals surface area contributed by atoms with Crippen LogP contribution in [-0.4, -0.2) is 69.5 Å². The minimum Gasteiger partial charge on any atom is -0.468 e. The summed E-state index contributed by atoms with van der Waals surface area (Å²) in [5, 5.41) is 33.4. The number of hydrogen-bond acceptors (Lipinski definition) is 8. The molecule has 0 amide bonds. The van der Waals surface area contributed by atoms with Gasteiger partial charge in [-0.1, -0.05) is 20.8 Å². The SMILES string of the molecule is COC(=O)[C@@H](N)CS[C@]12CO[C@]3(O)[C@@H](O)[C@](C)([C@H]4CC(C)(C)C[C@H]4[C@@H]1O)[C@@H]32. The van der Waals surface area contributed by atoms with Gasteiger partial charge in [-0.25, -0.2) is 0 Å². The normalized spacial score (nSPS) is 53.3. The molecule has 3 saturated carbocycles. The van der Waals surface area contributed by atoms with Crippen molar-refractivity contribution >= 4 is 17.7 Å². The Balaban J connectivity index is 1.70. The predicted octanol–water partition coefficient (Wildman–Crippen LogP) is 0.101. The highest BCUT2D eigenvalue weighted by atomic mass is 32.2. The first kappa shape index (κ1) is 19.9. The summed E-state index contributed by atoms with van der Waals surface area (Å²) in [6, 6.07) is -0.815. The van der Waals surface area contributed by atoms with Gasteiger partial charge in [-0.05, 0) is 30.1 Å². The fourth-order valence-corrected chi connectivity index (χ4v) is 8.50. The maximum absolute atomic E-state index is 11.7. The molecule has 1 aliphatic heterocycles. The summed E-state index contributed by atoms with van der Waals surface area (Å²) in [6.45, 7) is 6.53. The van der Waals surface area contributed by atoms with E-state index >= 15 is 0 Å². The number of aliphatic hydroxyl groups excluding tert-OH is 2. The Hall–Kier alpha value is -0.380. The number of carbonyl (C=O) groups is 1. The first-order valence-electron chi connectivity index (χ1n) is 9.64. The number of nitrogens with two attached hydrogens (primary N) is 1. The molecule has 4 aliphatic rings. The van der Waals surface area contributed by atoms with Gasteiger partial charge in [0.15, 0.2) is 5.79 Å². The molecule has 9 atom stereocenters. The molecule has 3 aliphatic carbocycles. The summed E-state index contributed by atoms with van der Waals surface area (Å²) < 4.78 is 9.62. The Labute approximate surface area is 164 Å². The van der Waals surface area contributed by atoms with E-state index in [9.17, 15) is 20.1 Å². The van der Waals surface area contributed by atoms with Crippen LogP contribution >= 0.6 is 11.8 Å². The van der Waals surface area contributed by atoms with Crippen LogP contribution in [0.2, 0.25) is 0 Å². The van der Waals surface area contributed by atoms with Crippen molar-refractivity contribution in [2.45, 2.75) is 62.4 Å². The van der Waals surface area contributed by atoms with Crippen LogP contribution in [0.1, 0.15) is 33.6 Å². The Kier molecular flexibility index (Phi) is 4.30. The van der Waals surface area contributed by atoms with E-state index < -0.39 is 46.1 Å². The number of carbonyl (C=O) groups excluding carboxylic acids is 1. The van der Waals surface area contributed by atoms with Crippen LogP contribution < -0.4 is 5.73 Å². The second-order valence-electron chi connectivity index (χ2n) is 9.93. The van der Waals surface area contributed by atoms with Crippen molar-refractivity contribution < 1.29 is 29.6 Å². The second-order valence-corrected chi connectivity index (χ2v) is 11.3. The predicted molar refractivity (Wildman–Crippen MR) is 99.7 cm³/mol. The van der Waals surface area contributed by atoms with Crippen molar-refractivity contribution in [1.82, 2.24) is 0 Å². The standard InChI is InChI=1S/C19H31NO6S/c1-16(2)5-9-10(6-16)17(3)14-18(12(9)21,8-26-19(14,24)15(17)23)27-7-11(20)13(22)25-4/h9-12,14-15,21,23-24H,5-8,20H2,1-4H3/t9-,10+,11+,12+,14-,15+,17-,18-,19+/m1/s1. The molecule has 0 spiro atoms. The van der Waals surface area contributed by atoms with Crippen LogP contribution in [-0.2, 0) is 14.3 Å². The number of fused-ring (bicyclic) bond motifs is 2. The Morgan fingerprint density at radius 2 is 2.00 bits per heavy atom. The van der Waals surface area contributed by atoms with Crippen molar-refractivity contribution in [3.05, 3.63) is 0 Å². The van der Waals surface area contributed by atoms with E-state index in [1.165, 1.54) is 18.9 Å². The number of hydrogen-bond donors (Lipinski definition) is 4. The quantitative estimate of drug-likeness (QED) is 0.489. The number of aliphatic hydroxyl groups is 3. The monoisotopic (exact) mass is 401 g/mol. The van der Waals surface area contributed by atoms with E-state index in [-0.39, 0.29) is 29.6 Å². The van der Waals surface area contributed by atoms with Gasteiger partial charge in [0, 0.05) is 17.1 Å². The molecule has 0 aromatic carbocycles. The minimum absolute atomic E-state index is 0.0176. The fourth-order valence-electron chi connectivity index (χ4n) is 6.79. The summed E-state index contributed by atoms with van der Waals surface area (Å²) in [5.74, 6) is -2.17. The molecule has 0 aromatic rings. The summed E-state index contributed by atoms with van der Waals surface area (Å²) in [7, 11) is 1.29. The zero-order chi connectivity index (χ0) is 20.0. The molecule has 8 heteroatoms. The smallest absolute Gasteiger partial charge is 0.323 e. The summed E-state index contributed by atoms with van der Waals surface area (Å²) in [5.41, 5.74) is 5.46. The van der Waals surface area contributed by atoms with Crippen molar-refractivity contribution in [2.75, 3.05) is 19.5 Å². The molecule has 0 unspecified atom stereocenters. The van der Waals surface area contributed by atoms with Gasteiger partial charge in [-0.15, -0.1) is 11.8 Å². The van der Waals surface area contributed by atoms with Crippen molar-refractivity contribution in [3.8, 4) is 0 Å². The third-order valence-electron chi connectivity index (χ3n) is 7.85. The molecule has 5 N–H and O–H groups in total. The molecule has 0 aromatic heterocycles. The molecular weight excluding hydrogens is 370 g/mol. The van der Waals surface area contributed by atoms with Gasteiger partial charge in [0.2, 0.25) is 0 Å². The molecule has 1 saturated heterocycles. The highest BCUT2D eigenvalue weighted by Crippen LogP contribution is 2.76. The topological polar surface area (TPSA) is 122 Å². The lowest BCUT2D eigenvalue weighted by Gasteiger charge is -2.69. The minimum atomic E-state index is -1.64. The molecule has 0 bridgehead atoms. The van der Waals surface area contributed by atoms with Crippen molar-refractivity contribution in [1.29, 1.82) is 0 Å². The van der Waals surface area contributed by atoms with Crippen molar-refractivity contribution in [2.24, 2.45) is 34.3 Å². The van der Waals surface area contributed by atoms with Crippen LogP contribution in [0.4, 0.5) is 0 Å². The molecule has 154 valence electrons. The molecular formula is C19H31NO6S. The van der Waals surface area contributed by atoms with Crippen molar-refractivity contribution in [3.63, 3.8) is 0 Å². The Bertz CT molecular complexity index is 660. The lowest BCUT2D eigenvalue weighted by Crippen LogP contribution is -2.81. The second kappa shape index (κ2) is 5.83. The molecule has 27 heavy (non-hydrogen) atoms. The Morgan fingerprint density at radius 1 is 1.33 bits per heavy atom. The van der Waals surface area contributed by atoms with Crippen LogP contribution in [0.3, 0.4) is 0 Å². The third-order valence-corrected chi connectivity index (χ3v) is 9.51. The van der Waals surface area contributed by atoms with Gasteiger partial charge in [-0.3, -0.25) is 4.79 Å². The van der Waals surface area contributed by atoms with Gasteiger partial charge in [0.1, 0.15) is 12.1 Å². The Morgan fingerprint density at radius 3 is 2.63 bits per heavy atom. The van der Waals surface area contributed by atoms with E-state index in [0.29, 0.717) is 0 Å². The van der Waals surface area contributed by atoms with E-state index in [0.717, 1.165) is 12.8 Å². The first-order chi connectivity index (χ1) is 12.4. The van der Waals surface area contributed by atoms with E-state index in [4.69, 9.17) is 15.2 Å². The molecule has 4 fully saturated rings. The summed E-state index contributed by atoms with van der Waals surface area (Å²) >= 11 is 1.39. The maximum Gasteiger partial charge on any atom is 0.323 e. The zero-order valence-electron chi connectivity index (χ0n) is 16.3. The number of rotatable bonds is 4. The highest BCUT2D eigenvalue weighted by molar-refractivity contribution is 8.00. The summed E-state index contributed by atoms with van der Waals surface area (Å²) in [4.78, 5) is 11.7. The number of ether oxygens (including phenoxy) is 2. The first-order valence-corrected chi connectivity index (χ1v) is 10.6. The van der Waals surface area contributed by atoms with E-state index in [1.807, 2.05) is 6.92 Å². The van der Waals surface area contributed by atoms with Crippen LogP contribution in [0.5, 0.6) is 0 Å². The fraction of sp³-hybridized carbons (Fsp3) is 0.947. The lowest BCUT2D eigenvalue weighted by molar-refractivity contribution is -0.385. The average molecular weight is 402 g/mol. The van der Waals surface area contributed by atoms with Gasteiger partial charge in [0.25, 0.3) is 0 Å². The molecule has 4 rings (SSSR count). The number of thioether (sulfide) groups is 1. The number of methoxy groups -OCH3 is 1. The van der Waals surface area contributed by atoms with Gasteiger partial charge < -0.3 is 30.5 Å². The van der Waals surface area contributed by atoms with Gasteiger partial charge in [0.05, 0.1) is 24.6 Å².